The Hall–Kier alpha value is -1.75. The zero-order valence-corrected chi connectivity index (χ0v) is 11.1. The third-order valence-electron chi connectivity index (χ3n) is 3.75. The molecule has 2 heterocycles. The van der Waals surface area contributed by atoms with Crippen molar-refractivity contribution < 1.29 is 9.53 Å². The van der Waals surface area contributed by atoms with E-state index in [1.807, 2.05) is 29.2 Å². The molecule has 5 heteroatoms. The molecule has 0 saturated carbocycles. The number of nitrogens with one attached hydrogen (secondary N) is 1. The topological polar surface area (TPSA) is 44.8 Å². The van der Waals surface area contributed by atoms with Crippen LogP contribution in [0, 0.1) is 0 Å². The number of carbonyl (C=O) groups excluding carboxylic acids is 1. The lowest BCUT2D eigenvalue weighted by atomic mass is 10.2. The van der Waals surface area contributed by atoms with E-state index in [0.29, 0.717) is 13.2 Å². The van der Waals surface area contributed by atoms with Gasteiger partial charge in [0.05, 0.1) is 24.0 Å². The van der Waals surface area contributed by atoms with Crippen molar-refractivity contribution in [2.75, 3.05) is 43.2 Å². The highest BCUT2D eigenvalue weighted by Gasteiger charge is 2.27. The molecule has 5 nitrogen and oxygen atoms in total. The number of nitrogens with zero attached hydrogens (tertiary/aromatic N) is 2. The summed E-state index contributed by atoms with van der Waals surface area (Å²) in [5.74, 6) is 0. The fourth-order valence-electron chi connectivity index (χ4n) is 2.62. The first-order chi connectivity index (χ1) is 9.25. The molecule has 1 N–H and O–H groups in total. The summed E-state index contributed by atoms with van der Waals surface area (Å²) < 4.78 is 5.29. The number of urea groups is 1. The molecule has 0 spiro atoms. The summed E-state index contributed by atoms with van der Waals surface area (Å²) in [7, 11) is 2.05. The maximum Gasteiger partial charge on any atom is 0.322 e. The number of hydrogen-bond donors (Lipinski definition) is 1. The molecule has 1 saturated heterocycles. The van der Waals surface area contributed by atoms with Crippen LogP contribution in [0.4, 0.5) is 16.2 Å². The van der Waals surface area contributed by atoms with Crippen molar-refractivity contribution in [1.82, 2.24) is 5.32 Å². The Balaban J connectivity index is 1.77. The molecular weight excluding hydrogens is 242 g/mol. The third kappa shape index (κ3) is 2.38. The van der Waals surface area contributed by atoms with Crippen LogP contribution in [-0.4, -0.2) is 45.4 Å². The second-order valence-corrected chi connectivity index (χ2v) is 5.07. The van der Waals surface area contributed by atoms with E-state index < -0.39 is 0 Å². The molecule has 1 aromatic rings. The Labute approximate surface area is 113 Å². The van der Waals surface area contributed by atoms with Gasteiger partial charge >= 0.3 is 6.03 Å². The summed E-state index contributed by atoms with van der Waals surface area (Å²) >= 11 is 0. The van der Waals surface area contributed by atoms with Crippen molar-refractivity contribution in [3.8, 4) is 0 Å². The molecule has 19 heavy (non-hydrogen) atoms. The number of rotatable bonds is 1. The molecule has 0 bridgehead atoms. The lowest BCUT2D eigenvalue weighted by Crippen LogP contribution is -2.50. The molecular formula is C14H19N3O2. The Morgan fingerprint density at radius 3 is 2.84 bits per heavy atom. The van der Waals surface area contributed by atoms with Gasteiger partial charge in [-0.25, -0.2) is 4.79 Å². The minimum absolute atomic E-state index is 0.0175. The van der Waals surface area contributed by atoms with E-state index in [1.165, 1.54) is 0 Å². The third-order valence-corrected chi connectivity index (χ3v) is 3.75. The van der Waals surface area contributed by atoms with Gasteiger partial charge in [-0.15, -0.1) is 0 Å². The predicted molar refractivity (Wildman–Crippen MR) is 74.8 cm³/mol. The lowest BCUT2D eigenvalue weighted by Gasteiger charge is -2.36. The minimum atomic E-state index is -0.0175. The van der Waals surface area contributed by atoms with Gasteiger partial charge < -0.3 is 15.0 Å². The van der Waals surface area contributed by atoms with Crippen LogP contribution >= 0.6 is 0 Å². The highest BCUT2D eigenvalue weighted by molar-refractivity contribution is 5.96. The van der Waals surface area contributed by atoms with Crippen LogP contribution in [0.15, 0.2) is 24.3 Å². The number of carbonyl (C=O) groups is 1. The number of benzene rings is 1. The Bertz CT molecular complexity index is 472. The number of hydrogen-bond acceptors (Lipinski definition) is 3. The summed E-state index contributed by atoms with van der Waals surface area (Å²) in [6.45, 7) is 2.93. The zero-order valence-electron chi connectivity index (χ0n) is 11.1. The van der Waals surface area contributed by atoms with Crippen LogP contribution in [0.1, 0.15) is 6.42 Å². The summed E-state index contributed by atoms with van der Waals surface area (Å²) in [4.78, 5) is 16.4. The highest BCUT2D eigenvalue weighted by Crippen LogP contribution is 2.31. The summed E-state index contributed by atoms with van der Waals surface area (Å²) in [6.07, 6.45) is 0.904. The molecule has 1 fully saturated rings. The van der Waals surface area contributed by atoms with Crippen LogP contribution in [0.5, 0.6) is 0 Å². The molecule has 1 unspecified atom stereocenters. The van der Waals surface area contributed by atoms with Crippen molar-refractivity contribution >= 4 is 17.4 Å². The lowest BCUT2D eigenvalue weighted by molar-refractivity contribution is 0.189. The minimum Gasteiger partial charge on any atom is -0.379 e. The fourth-order valence-corrected chi connectivity index (χ4v) is 2.62. The number of fused-ring (bicyclic) bond motifs is 1. The maximum atomic E-state index is 12.4. The number of amides is 2. The van der Waals surface area contributed by atoms with Crippen molar-refractivity contribution in [2.45, 2.75) is 12.5 Å². The quantitative estimate of drug-likeness (QED) is 0.832. The SMILES string of the molecule is CN1CCN(C(=O)NC2CCOC2)c2ccccc21. The van der Waals surface area contributed by atoms with Crippen LogP contribution in [-0.2, 0) is 4.74 Å². The molecule has 1 aromatic carbocycles. The van der Waals surface area contributed by atoms with E-state index in [9.17, 15) is 4.79 Å². The summed E-state index contributed by atoms with van der Waals surface area (Å²) in [5.41, 5.74) is 2.08. The smallest absolute Gasteiger partial charge is 0.322 e. The number of anilines is 2. The number of ether oxygens (including phenoxy) is 1. The number of para-hydroxylation sites is 2. The maximum absolute atomic E-state index is 12.4. The molecule has 2 amide bonds. The Morgan fingerprint density at radius 2 is 2.11 bits per heavy atom. The Kier molecular flexibility index (Phi) is 3.29. The molecule has 2 aliphatic rings. The monoisotopic (exact) mass is 261 g/mol. The largest absolute Gasteiger partial charge is 0.379 e. The molecule has 3 rings (SSSR count). The van der Waals surface area contributed by atoms with Gasteiger partial charge in [-0.2, -0.15) is 0 Å². The van der Waals surface area contributed by atoms with Crippen LogP contribution in [0.2, 0.25) is 0 Å². The average molecular weight is 261 g/mol. The van der Waals surface area contributed by atoms with Gasteiger partial charge in [0.2, 0.25) is 0 Å². The van der Waals surface area contributed by atoms with Crippen molar-refractivity contribution in [3.63, 3.8) is 0 Å². The molecule has 1 atom stereocenters. The first-order valence-corrected chi connectivity index (χ1v) is 6.71. The first kappa shape index (κ1) is 12.3. The van der Waals surface area contributed by atoms with Crippen molar-refractivity contribution in [1.29, 1.82) is 0 Å². The van der Waals surface area contributed by atoms with Crippen LogP contribution in [0.3, 0.4) is 0 Å². The van der Waals surface area contributed by atoms with E-state index in [1.54, 1.807) is 0 Å². The van der Waals surface area contributed by atoms with Crippen LogP contribution in [0.25, 0.3) is 0 Å². The van der Waals surface area contributed by atoms with Gasteiger partial charge in [-0.1, -0.05) is 12.1 Å². The van der Waals surface area contributed by atoms with Gasteiger partial charge in [-0.05, 0) is 18.6 Å². The van der Waals surface area contributed by atoms with E-state index in [4.69, 9.17) is 4.74 Å². The van der Waals surface area contributed by atoms with Gasteiger partial charge in [0, 0.05) is 26.7 Å². The second kappa shape index (κ2) is 5.09. The summed E-state index contributed by atoms with van der Waals surface area (Å²) in [6, 6.07) is 8.15. The van der Waals surface area contributed by atoms with Crippen molar-refractivity contribution in [2.24, 2.45) is 0 Å². The first-order valence-electron chi connectivity index (χ1n) is 6.71. The number of likely N-dealkylation sites (N-methyl/N-ethyl adjacent to an activating group) is 1. The predicted octanol–water partition coefficient (Wildman–Crippen LogP) is 1.44. The Morgan fingerprint density at radius 1 is 1.32 bits per heavy atom. The molecule has 2 aliphatic heterocycles. The molecule has 0 radical (unpaired) electrons. The molecule has 102 valence electrons. The van der Waals surface area contributed by atoms with Gasteiger partial charge in [0.25, 0.3) is 0 Å². The van der Waals surface area contributed by atoms with Crippen LogP contribution < -0.4 is 15.1 Å². The van der Waals surface area contributed by atoms with Gasteiger partial charge in [0.15, 0.2) is 0 Å². The van der Waals surface area contributed by atoms with Crippen molar-refractivity contribution in [3.05, 3.63) is 24.3 Å². The second-order valence-electron chi connectivity index (χ2n) is 5.07. The van der Waals surface area contributed by atoms with Gasteiger partial charge in [-0.3, -0.25) is 4.90 Å². The molecule has 0 aliphatic carbocycles. The standard InChI is InChI=1S/C14H19N3O2/c1-16-7-8-17(13-5-3-2-4-12(13)16)14(18)15-11-6-9-19-10-11/h2-5,11H,6-10H2,1H3,(H,15,18). The van der Waals surface area contributed by atoms with E-state index in [-0.39, 0.29) is 12.1 Å². The zero-order chi connectivity index (χ0) is 13.2. The normalized spacial score (nSPS) is 22.3. The van der Waals surface area contributed by atoms with Gasteiger partial charge in [0.1, 0.15) is 0 Å². The fraction of sp³-hybridized carbons (Fsp3) is 0.500. The molecule has 0 aromatic heterocycles. The van der Waals surface area contributed by atoms with E-state index in [2.05, 4.69) is 17.3 Å². The van der Waals surface area contributed by atoms with E-state index in [0.717, 1.165) is 30.9 Å². The van der Waals surface area contributed by atoms with E-state index >= 15 is 0 Å². The highest BCUT2D eigenvalue weighted by atomic mass is 16.5. The summed E-state index contributed by atoms with van der Waals surface area (Å²) in [5, 5.41) is 3.05. The average Bonchev–Trinajstić information content (AvgIpc) is 2.92.